The molecule has 0 bridgehead atoms. The quantitative estimate of drug-likeness (QED) is 0.939. The van der Waals surface area contributed by atoms with Gasteiger partial charge < -0.3 is 4.74 Å². The lowest BCUT2D eigenvalue weighted by molar-refractivity contribution is 0.125. The Morgan fingerprint density at radius 2 is 2.09 bits per heavy atom. The summed E-state index contributed by atoms with van der Waals surface area (Å²) >= 11 is 0. The fourth-order valence-electron chi connectivity index (χ4n) is 3.77. The van der Waals surface area contributed by atoms with Gasteiger partial charge in [-0.3, -0.25) is 10.00 Å². The summed E-state index contributed by atoms with van der Waals surface area (Å²) < 4.78 is 6.06. The van der Waals surface area contributed by atoms with Crippen molar-refractivity contribution in [2.45, 2.75) is 45.1 Å². The maximum absolute atomic E-state index is 6.06. The predicted octanol–water partition coefficient (Wildman–Crippen LogP) is 2.00. The number of aromatic amines is 1. The maximum atomic E-state index is 6.06. The van der Waals surface area contributed by atoms with Crippen molar-refractivity contribution in [3.05, 3.63) is 35.0 Å². The second-order valence-electron chi connectivity index (χ2n) is 6.67. The third kappa shape index (κ3) is 2.95. The van der Waals surface area contributed by atoms with E-state index in [9.17, 15) is 0 Å². The fraction of sp³-hybridized carbons (Fsp3) is 0.588. The van der Waals surface area contributed by atoms with Crippen LogP contribution in [0.1, 0.15) is 41.5 Å². The second-order valence-corrected chi connectivity index (χ2v) is 6.67. The molecular weight excluding hydrogens is 290 g/mol. The summed E-state index contributed by atoms with van der Waals surface area (Å²) in [6.07, 6.45) is 5.35. The first kappa shape index (κ1) is 14.6. The number of hydrogen-bond acceptors (Lipinski definition) is 5. The first-order valence-corrected chi connectivity index (χ1v) is 8.41. The van der Waals surface area contributed by atoms with Crippen LogP contribution in [0.4, 0.5) is 0 Å². The van der Waals surface area contributed by atoms with E-state index < -0.39 is 0 Å². The minimum atomic E-state index is 0.212. The number of hydrogen-bond donors (Lipinski definition) is 1. The molecule has 2 aliphatic rings. The number of ether oxygens (including phenoxy) is 1. The van der Waals surface area contributed by atoms with Crippen LogP contribution < -0.4 is 4.74 Å². The predicted molar refractivity (Wildman–Crippen MR) is 86.6 cm³/mol. The number of H-pyrrole nitrogens is 1. The highest BCUT2D eigenvalue weighted by atomic mass is 16.5. The Morgan fingerprint density at radius 1 is 1.26 bits per heavy atom. The summed E-state index contributed by atoms with van der Waals surface area (Å²) in [6.45, 7) is 7.18. The van der Waals surface area contributed by atoms with Gasteiger partial charge in [0.1, 0.15) is 11.9 Å². The van der Waals surface area contributed by atoms with Crippen LogP contribution in [0.2, 0.25) is 0 Å². The van der Waals surface area contributed by atoms with Gasteiger partial charge in [-0.25, -0.2) is 4.98 Å². The van der Waals surface area contributed by atoms with Gasteiger partial charge in [-0.05, 0) is 45.8 Å². The van der Waals surface area contributed by atoms with Crippen molar-refractivity contribution in [1.82, 2.24) is 25.1 Å². The number of nitrogens with one attached hydrogen (secondary N) is 1. The SMILES string of the molecule is Cc1nc(C)c2c(n1)O[C@@H](CN1CCC(c3ccn[nH]3)CC1)C2. The topological polar surface area (TPSA) is 66.9 Å². The molecular formula is C17H23N5O. The Balaban J connectivity index is 1.33. The van der Waals surface area contributed by atoms with E-state index in [0.717, 1.165) is 43.5 Å². The molecule has 4 rings (SSSR count). The van der Waals surface area contributed by atoms with Gasteiger partial charge in [0.05, 0.1) is 0 Å². The summed E-state index contributed by atoms with van der Waals surface area (Å²) in [4.78, 5) is 11.4. The van der Waals surface area contributed by atoms with Crippen molar-refractivity contribution in [2.24, 2.45) is 0 Å². The molecule has 1 fully saturated rings. The zero-order chi connectivity index (χ0) is 15.8. The van der Waals surface area contributed by atoms with Crippen molar-refractivity contribution in [3.63, 3.8) is 0 Å². The normalized spacial score (nSPS) is 22.1. The molecule has 23 heavy (non-hydrogen) atoms. The molecule has 122 valence electrons. The number of nitrogens with zero attached hydrogens (tertiary/aromatic N) is 4. The number of piperidine rings is 1. The molecule has 1 atom stereocenters. The molecule has 6 nitrogen and oxygen atoms in total. The average molecular weight is 313 g/mol. The number of fused-ring (bicyclic) bond motifs is 1. The maximum Gasteiger partial charge on any atom is 0.220 e. The first-order chi connectivity index (χ1) is 11.2. The molecule has 2 aromatic rings. The lowest BCUT2D eigenvalue weighted by Gasteiger charge is -2.32. The summed E-state index contributed by atoms with van der Waals surface area (Å²) in [5.41, 5.74) is 3.52. The Hall–Kier alpha value is -1.95. The Morgan fingerprint density at radius 3 is 2.83 bits per heavy atom. The molecule has 0 aromatic carbocycles. The Labute approximate surface area is 136 Å². The van der Waals surface area contributed by atoms with E-state index in [-0.39, 0.29) is 6.10 Å². The van der Waals surface area contributed by atoms with E-state index in [0.29, 0.717) is 5.92 Å². The zero-order valence-corrected chi connectivity index (χ0v) is 13.7. The molecule has 0 spiro atoms. The van der Waals surface area contributed by atoms with Gasteiger partial charge >= 0.3 is 0 Å². The molecule has 0 saturated carbocycles. The monoisotopic (exact) mass is 313 g/mol. The number of aryl methyl sites for hydroxylation is 2. The van der Waals surface area contributed by atoms with Gasteiger partial charge in [0, 0.05) is 42.0 Å². The van der Waals surface area contributed by atoms with Gasteiger partial charge in [0.15, 0.2) is 0 Å². The lowest BCUT2D eigenvalue weighted by Crippen LogP contribution is -2.40. The fourth-order valence-corrected chi connectivity index (χ4v) is 3.77. The van der Waals surface area contributed by atoms with Gasteiger partial charge in [-0.2, -0.15) is 10.1 Å². The summed E-state index contributed by atoms with van der Waals surface area (Å²) in [6, 6.07) is 2.10. The highest BCUT2D eigenvalue weighted by Crippen LogP contribution is 2.31. The minimum Gasteiger partial charge on any atom is -0.472 e. The smallest absolute Gasteiger partial charge is 0.220 e. The minimum absolute atomic E-state index is 0.212. The summed E-state index contributed by atoms with van der Waals surface area (Å²) in [7, 11) is 0. The van der Waals surface area contributed by atoms with Crippen molar-refractivity contribution in [2.75, 3.05) is 19.6 Å². The van der Waals surface area contributed by atoms with Gasteiger partial charge in [-0.15, -0.1) is 0 Å². The van der Waals surface area contributed by atoms with Crippen LogP contribution in [0, 0.1) is 13.8 Å². The van der Waals surface area contributed by atoms with Crippen molar-refractivity contribution in [1.29, 1.82) is 0 Å². The largest absolute Gasteiger partial charge is 0.472 e. The van der Waals surface area contributed by atoms with Crippen LogP contribution in [0.5, 0.6) is 5.88 Å². The summed E-state index contributed by atoms with van der Waals surface area (Å²) in [5.74, 6) is 2.21. The molecule has 1 saturated heterocycles. The lowest BCUT2D eigenvalue weighted by atomic mass is 9.93. The number of aromatic nitrogens is 4. The van der Waals surface area contributed by atoms with Crippen LogP contribution in [0.15, 0.2) is 12.3 Å². The molecule has 1 N–H and O–H groups in total. The Kier molecular flexibility index (Phi) is 3.77. The number of likely N-dealkylation sites (tertiary alicyclic amines) is 1. The summed E-state index contributed by atoms with van der Waals surface area (Å²) in [5, 5.41) is 7.18. The third-order valence-electron chi connectivity index (χ3n) is 5.01. The highest BCUT2D eigenvalue weighted by Gasteiger charge is 2.30. The molecule has 0 amide bonds. The number of rotatable bonds is 3. The van der Waals surface area contributed by atoms with Gasteiger partial charge in [0.2, 0.25) is 5.88 Å². The van der Waals surface area contributed by atoms with Crippen molar-refractivity contribution < 1.29 is 4.74 Å². The van der Waals surface area contributed by atoms with E-state index in [2.05, 4.69) is 38.1 Å². The van der Waals surface area contributed by atoms with Crippen LogP contribution in [-0.2, 0) is 6.42 Å². The Bertz CT molecular complexity index is 677. The molecule has 0 unspecified atom stereocenters. The molecule has 2 aliphatic heterocycles. The van der Waals surface area contributed by atoms with E-state index in [1.54, 1.807) is 0 Å². The molecule has 4 heterocycles. The zero-order valence-electron chi connectivity index (χ0n) is 13.7. The standard InChI is InChI=1S/C17H23N5O/c1-11-15-9-14(23-17(15)20-12(2)19-11)10-22-7-4-13(5-8-22)16-3-6-18-21-16/h3,6,13-14H,4-5,7-10H2,1-2H3,(H,18,21)/t14-/m1/s1. The first-order valence-electron chi connectivity index (χ1n) is 8.41. The molecule has 0 radical (unpaired) electrons. The average Bonchev–Trinajstić information content (AvgIpc) is 3.17. The van der Waals surface area contributed by atoms with Crippen molar-refractivity contribution >= 4 is 0 Å². The van der Waals surface area contributed by atoms with Crippen LogP contribution >= 0.6 is 0 Å². The van der Waals surface area contributed by atoms with Gasteiger partial charge in [0.25, 0.3) is 0 Å². The van der Waals surface area contributed by atoms with Crippen LogP contribution in [0.25, 0.3) is 0 Å². The van der Waals surface area contributed by atoms with E-state index in [1.165, 1.54) is 24.1 Å². The molecule has 6 heteroatoms. The van der Waals surface area contributed by atoms with E-state index in [4.69, 9.17) is 4.74 Å². The second kappa shape index (κ2) is 5.92. The van der Waals surface area contributed by atoms with Gasteiger partial charge in [-0.1, -0.05) is 0 Å². The molecule has 0 aliphatic carbocycles. The molecule has 2 aromatic heterocycles. The van der Waals surface area contributed by atoms with Crippen LogP contribution in [-0.4, -0.2) is 50.8 Å². The van der Waals surface area contributed by atoms with Crippen molar-refractivity contribution in [3.8, 4) is 5.88 Å². The third-order valence-corrected chi connectivity index (χ3v) is 5.01. The van der Waals surface area contributed by atoms with Crippen LogP contribution in [0.3, 0.4) is 0 Å². The van der Waals surface area contributed by atoms with E-state index in [1.807, 2.05) is 13.1 Å². The van der Waals surface area contributed by atoms with E-state index >= 15 is 0 Å². The highest BCUT2D eigenvalue weighted by molar-refractivity contribution is 5.34.